The van der Waals surface area contributed by atoms with E-state index in [4.69, 9.17) is 0 Å². The first-order valence-corrected chi connectivity index (χ1v) is 10.1. The Morgan fingerprint density at radius 2 is 1.75 bits per heavy atom. The second kappa shape index (κ2) is 7.31. The molecule has 0 saturated heterocycles. The molecule has 7 heteroatoms. The minimum atomic E-state index is -0.376. The maximum absolute atomic E-state index is 13.3. The molecular formula is C21H23N5OS. The number of aryl methyl sites for hydroxylation is 4. The van der Waals surface area contributed by atoms with Gasteiger partial charge in [-0.3, -0.25) is 4.79 Å². The predicted molar refractivity (Wildman–Crippen MR) is 112 cm³/mol. The quantitative estimate of drug-likeness (QED) is 0.706. The molecule has 0 fully saturated rings. The van der Waals surface area contributed by atoms with E-state index < -0.39 is 0 Å². The summed E-state index contributed by atoms with van der Waals surface area (Å²) in [5.41, 5.74) is 8.67. The van der Waals surface area contributed by atoms with Gasteiger partial charge in [0, 0.05) is 5.69 Å². The first kappa shape index (κ1) is 18.6. The molecule has 0 spiro atoms. The lowest BCUT2D eigenvalue weighted by molar-refractivity contribution is -0.116. The Bertz CT molecular complexity index is 1030. The lowest BCUT2D eigenvalue weighted by Crippen LogP contribution is -2.41. The first-order valence-electron chi connectivity index (χ1n) is 9.22. The van der Waals surface area contributed by atoms with Crippen molar-refractivity contribution in [3.8, 4) is 0 Å². The SMILES string of the molecule is Cc1ccc([C@H]2Nn3c(C)nnc3S[C@@H]2C(=O)Nc2cc(C)ccc2C)cc1. The number of hydrogen-bond donors (Lipinski definition) is 2. The molecule has 1 amide bonds. The van der Waals surface area contributed by atoms with E-state index >= 15 is 0 Å². The molecule has 2 heterocycles. The van der Waals surface area contributed by atoms with Crippen molar-refractivity contribution < 1.29 is 4.79 Å². The Morgan fingerprint density at radius 3 is 2.50 bits per heavy atom. The zero-order valence-corrected chi connectivity index (χ0v) is 17.2. The van der Waals surface area contributed by atoms with E-state index in [0.717, 1.165) is 28.2 Å². The summed E-state index contributed by atoms with van der Waals surface area (Å²) in [4.78, 5) is 13.3. The van der Waals surface area contributed by atoms with Crippen molar-refractivity contribution in [3.05, 3.63) is 70.5 Å². The highest BCUT2D eigenvalue weighted by atomic mass is 32.2. The van der Waals surface area contributed by atoms with Gasteiger partial charge in [-0.25, -0.2) is 4.68 Å². The van der Waals surface area contributed by atoms with E-state index in [1.807, 2.05) is 43.6 Å². The van der Waals surface area contributed by atoms with E-state index in [2.05, 4.69) is 52.1 Å². The summed E-state index contributed by atoms with van der Waals surface area (Å²) in [5.74, 6) is 0.719. The number of rotatable bonds is 3. The number of anilines is 1. The van der Waals surface area contributed by atoms with Gasteiger partial charge in [0.2, 0.25) is 11.1 Å². The van der Waals surface area contributed by atoms with Crippen molar-refractivity contribution in [1.29, 1.82) is 0 Å². The number of carbonyl (C=O) groups excluding carboxylic acids is 1. The van der Waals surface area contributed by atoms with Crippen LogP contribution in [0.15, 0.2) is 47.6 Å². The summed E-state index contributed by atoms with van der Waals surface area (Å²) in [6, 6.07) is 14.1. The Hall–Kier alpha value is -2.80. The molecule has 3 aromatic rings. The van der Waals surface area contributed by atoms with Gasteiger partial charge in [-0.2, -0.15) is 0 Å². The molecule has 2 N–H and O–H groups in total. The van der Waals surface area contributed by atoms with Crippen molar-refractivity contribution in [2.24, 2.45) is 0 Å². The number of benzene rings is 2. The molecule has 0 radical (unpaired) electrons. The number of amides is 1. The molecular weight excluding hydrogens is 370 g/mol. The minimum absolute atomic E-state index is 0.0521. The molecule has 2 aromatic carbocycles. The second-order valence-electron chi connectivity index (χ2n) is 7.23. The van der Waals surface area contributed by atoms with Crippen LogP contribution in [-0.2, 0) is 4.79 Å². The van der Waals surface area contributed by atoms with Gasteiger partial charge in [-0.05, 0) is 50.5 Å². The van der Waals surface area contributed by atoms with Gasteiger partial charge < -0.3 is 10.7 Å². The Morgan fingerprint density at radius 1 is 1.04 bits per heavy atom. The molecule has 28 heavy (non-hydrogen) atoms. The van der Waals surface area contributed by atoms with Crippen LogP contribution in [0, 0.1) is 27.7 Å². The van der Waals surface area contributed by atoms with Gasteiger partial charge in [0.05, 0.1) is 6.04 Å². The number of aromatic nitrogens is 3. The van der Waals surface area contributed by atoms with Gasteiger partial charge in [0.1, 0.15) is 11.1 Å². The number of carbonyl (C=O) groups is 1. The molecule has 1 aliphatic heterocycles. The van der Waals surface area contributed by atoms with Crippen LogP contribution in [0.2, 0.25) is 0 Å². The third-order valence-corrected chi connectivity index (χ3v) is 6.16. The van der Waals surface area contributed by atoms with Crippen LogP contribution in [0.5, 0.6) is 0 Å². The van der Waals surface area contributed by atoms with Gasteiger partial charge in [0.25, 0.3) is 0 Å². The number of nitrogens with one attached hydrogen (secondary N) is 2. The van der Waals surface area contributed by atoms with Crippen molar-refractivity contribution >= 4 is 23.4 Å². The average molecular weight is 394 g/mol. The summed E-state index contributed by atoms with van der Waals surface area (Å²) in [6.45, 7) is 7.97. The maximum atomic E-state index is 13.3. The molecule has 1 aliphatic rings. The number of fused-ring (bicyclic) bond motifs is 1. The molecule has 0 bridgehead atoms. The average Bonchev–Trinajstić information content (AvgIpc) is 3.04. The number of nitrogens with zero attached hydrogens (tertiary/aromatic N) is 3. The van der Waals surface area contributed by atoms with Crippen LogP contribution < -0.4 is 10.7 Å². The maximum Gasteiger partial charge on any atom is 0.240 e. The largest absolute Gasteiger partial charge is 0.325 e. The Balaban J connectivity index is 1.68. The van der Waals surface area contributed by atoms with Gasteiger partial charge in [-0.1, -0.05) is 53.7 Å². The fourth-order valence-electron chi connectivity index (χ4n) is 3.26. The van der Waals surface area contributed by atoms with Crippen LogP contribution in [0.3, 0.4) is 0 Å². The van der Waals surface area contributed by atoms with E-state index in [1.54, 1.807) is 0 Å². The highest BCUT2D eigenvalue weighted by Gasteiger charge is 2.37. The third-order valence-electron chi connectivity index (χ3n) is 4.94. The lowest BCUT2D eigenvalue weighted by atomic mass is 10.0. The normalized spacial score (nSPS) is 18.3. The lowest BCUT2D eigenvalue weighted by Gasteiger charge is -2.33. The number of hydrogen-bond acceptors (Lipinski definition) is 5. The van der Waals surface area contributed by atoms with Gasteiger partial charge in [0.15, 0.2) is 0 Å². The standard InChI is InChI=1S/C21H23N5OS/c1-12-6-9-16(10-7-12)18-19(28-21-24-23-15(4)26(21)25-18)20(27)22-17-11-13(2)5-8-14(17)3/h5-11,18-19,25H,1-4H3,(H,22,27)/t18-,19+/m1/s1. The summed E-state index contributed by atoms with van der Waals surface area (Å²) >= 11 is 1.44. The van der Waals surface area contributed by atoms with Crippen LogP contribution in [0.4, 0.5) is 5.69 Å². The smallest absolute Gasteiger partial charge is 0.240 e. The molecule has 0 unspecified atom stereocenters. The van der Waals surface area contributed by atoms with Gasteiger partial charge in [-0.15, -0.1) is 10.2 Å². The molecule has 6 nitrogen and oxygen atoms in total. The van der Waals surface area contributed by atoms with Crippen LogP contribution in [0.25, 0.3) is 0 Å². The van der Waals surface area contributed by atoms with Crippen molar-refractivity contribution in [2.45, 2.75) is 44.1 Å². The van der Waals surface area contributed by atoms with E-state index in [1.165, 1.54) is 17.3 Å². The topological polar surface area (TPSA) is 71.8 Å². The fourth-order valence-corrected chi connectivity index (χ4v) is 4.38. The first-order chi connectivity index (χ1) is 13.4. The van der Waals surface area contributed by atoms with Crippen molar-refractivity contribution in [3.63, 3.8) is 0 Å². The molecule has 2 atom stereocenters. The third kappa shape index (κ3) is 3.49. The van der Waals surface area contributed by atoms with E-state index in [9.17, 15) is 4.79 Å². The molecule has 144 valence electrons. The Labute approximate surface area is 168 Å². The van der Waals surface area contributed by atoms with Crippen molar-refractivity contribution in [2.75, 3.05) is 10.7 Å². The molecule has 1 aromatic heterocycles. The summed E-state index contributed by atoms with van der Waals surface area (Å²) in [6.07, 6.45) is 0. The second-order valence-corrected chi connectivity index (χ2v) is 8.34. The van der Waals surface area contributed by atoms with Gasteiger partial charge >= 0.3 is 0 Å². The molecule has 0 saturated carbocycles. The predicted octanol–water partition coefficient (Wildman–Crippen LogP) is 3.91. The number of thioether (sulfide) groups is 1. The highest BCUT2D eigenvalue weighted by Crippen LogP contribution is 2.37. The van der Waals surface area contributed by atoms with E-state index in [0.29, 0.717) is 5.16 Å². The molecule has 4 rings (SSSR count). The van der Waals surface area contributed by atoms with Crippen LogP contribution >= 0.6 is 11.8 Å². The minimum Gasteiger partial charge on any atom is -0.325 e. The molecule has 0 aliphatic carbocycles. The monoisotopic (exact) mass is 393 g/mol. The summed E-state index contributed by atoms with van der Waals surface area (Å²) in [5, 5.41) is 11.8. The van der Waals surface area contributed by atoms with E-state index in [-0.39, 0.29) is 17.2 Å². The zero-order valence-electron chi connectivity index (χ0n) is 16.4. The van der Waals surface area contributed by atoms with Crippen molar-refractivity contribution in [1.82, 2.24) is 14.9 Å². The Kier molecular flexibility index (Phi) is 4.85. The summed E-state index contributed by atoms with van der Waals surface area (Å²) in [7, 11) is 0. The van der Waals surface area contributed by atoms with Crippen LogP contribution in [-0.4, -0.2) is 26.0 Å². The summed E-state index contributed by atoms with van der Waals surface area (Å²) < 4.78 is 1.86. The van der Waals surface area contributed by atoms with Crippen LogP contribution in [0.1, 0.15) is 34.1 Å². The fraction of sp³-hybridized carbons (Fsp3) is 0.286. The highest BCUT2D eigenvalue weighted by molar-refractivity contribution is 8.00. The zero-order chi connectivity index (χ0) is 19.8.